The standard InChI is InChI=1S/C34H36O4/c1-36-22-14-15-23(31(18-22)37-2)26-19-25-27(20-32(26)38-3)33-24-12-8-9-13-28(24)34(29(33)21-30(25)35)16-10-6-4-5-7-11-17-34/h8-9,12-15,18-21,35H,4-7,10-11,16-17H2,1-3H3. The minimum Gasteiger partial charge on any atom is -0.507 e. The Kier molecular flexibility index (Phi) is 6.43. The van der Waals surface area contributed by atoms with Crippen LogP contribution in [-0.2, 0) is 5.41 Å². The Morgan fingerprint density at radius 3 is 2.00 bits per heavy atom. The first kappa shape index (κ1) is 24.7. The molecule has 0 amide bonds. The molecular formula is C34H36O4. The minimum atomic E-state index is -0.0486. The van der Waals surface area contributed by atoms with E-state index in [0.29, 0.717) is 11.5 Å². The zero-order valence-corrected chi connectivity index (χ0v) is 22.6. The van der Waals surface area contributed by atoms with E-state index in [1.165, 1.54) is 60.8 Å². The van der Waals surface area contributed by atoms with Gasteiger partial charge in [0.05, 0.1) is 21.3 Å². The fourth-order valence-electron chi connectivity index (χ4n) is 6.99. The maximum absolute atomic E-state index is 11.6. The second-order valence-corrected chi connectivity index (χ2v) is 10.7. The second kappa shape index (κ2) is 9.90. The van der Waals surface area contributed by atoms with Crippen LogP contribution in [0, 0.1) is 0 Å². The summed E-state index contributed by atoms with van der Waals surface area (Å²) in [5.41, 5.74) is 6.96. The first-order valence-corrected chi connectivity index (χ1v) is 13.8. The molecule has 0 heterocycles. The SMILES string of the molecule is COc1ccc(-c2cc3c(O)cc4c(c3cc2OC)-c2ccccc2C42CCCCCCCC2)c(OC)c1. The van der Waals surface area contributed by atoms with Crippen molar-refractivity contribution in [2.75, 3.05) is 21.3 Å². The molecule has 38 heavy (non-hydrogen) atoms. The van der Waals surface area contributed by atoms with Crippen molar-refractivity contribution < 1.29 is 19.3 Å². The molecule has 1 N–H and O–H groups in total. The van der Waals surface area contributed by atoms with Crippen molar-refractivity contribution in [2.24, 2.45) is 0 Å². The summed E-state index contributed by atoms with van der Waals surface area (Å²) in [6.07, 6.45) is 9.88. The highest BCUT2D eigenvalue weighted by atomic mass is 16.5. The lowest BCUT2D eigenvalue weighted by molar-refractivity contribution is 0.394. The summed E-state index contributed by atoms with van der Waals surface area (Å²) in [5.74, 6) is 2.49. The normalized spacial score (nSPS) is 16.3. The van der Waals surface area contributed by atoms with Gasteiger partial charge >= 0.3 is 0 Å². The van der Waals surface area contributed by atoms with Crippen molar-refractivity contribution >= 4 is 10.8 Å². The average Bonchev–Trinajstić information content (AvgIpc) is 3.29. The number of benzene rings is 4. The summed E-state index contributed by atoms with van der Waals surface area (Å²) in [6, 6.07) is 20.9. The molecule has 1 fully saturated rings. The molecule has 0 saturated heterocycles. The van der Waals surface area contributed by atoms with E-state index in [2.05, 4.69) is 36.4 Å². The van der Waals surface area contributed by atoms with Crippen molar-refractivity contribution in [3.8, 4) is 45.3 Å². The lowest BCUT2D eigenvalue weighted by Crippen LogP contribution is -2.25. The van der Waals surface area contributed by atoms with E-state index < -0.39 is 0 Å². The monoisotopic (exact) mass is 508 g/mol. The molecule has 4 aromatic rings. The molecular weight excluding hydrogens is 472 g/mol. The zero-order chi connectivity index (χ0) is 26.3. The predicted octanol–water partition coefficient (Wildman–Crippen LogP) is 8.64. The van der Waals surface area contributed by atoms with E-state index in [-0.39, 0.29) is 5.41 Å². The van der Waals surface area contributed by atoms with Gasteiger partial charge in [0.25, 0.3) is 0 Å². The predicted molar refractivity (Wildman–Crippen MR) is 154 cm³/mol. The van der Waals surface area contributed by atoms with Gasteiger partial charge in [-0.25, -0.2) is 0 Å². The molecule has 1 saturated carbocycles. The zero-order valence-electron chi connectivity index (χ0n) is 22.6. The van der Waals surface area contributed by atoms with E-state index >= 15 is 0 Å². The molecule has 0 unspecified atom stereocenters. The molecule has 2 aliphatic carbocycles. The maximum Gasteiger partial charge on any atom is 0.130 e. The van der Waals surface area contributed by atoms with Crippen LogP contribution in [0.3, 0.4) is 0 Å². The topological polar surface area (TPSA) is 47.9 Å². The average molecular weight is 509 g/mol. The molecule has 0 radical (unpaired) electrons. The number of rotatable bonds is 4. The first-order valence-electron chi connectivity index (χ1n) is 13.8. The third-order valence-electron chi connectivity index (χ3n) is 8.82. The van der Waals surface area contributed by atoms with E-state index in [0.717, 1.165) is 46.2 Å². The summed E-state index contributed by atoms with van der Waals surface area (Å²) in [7, 11) is 5.01. The highest BCUT2D eigenvalue weighted by molar-refractivity contribution is 6.07. The summed E-state index contributed by atoms with van der Waals surface area (Å²) in [5, 5.41) is 13.4. The van der Waals surface area contributed by atoms with Crippen LogP contribution in [0.5, 0.6) is 23.0 Å². The van der Waals surface area contributed by atoms with Gasteiger partial charge in [0.15, 0.2) is 0 Å². The fourth-order valence-corrected chi connectivity index (χ4v) is 6.99. The van der Waals surface area contributed by atoms with Gasteiger partial charge in [-0.2, -0.15) is 0 Å². The third kappa shape index (κ3) is 3.81. The van der Waals surface area contributed by atoms with Crippen molar-refractivity contribution in [1.29, 1.82) is 0 Å². The number of hydrogen-bond donors (Lipinski definition) is 1. The highest BCUT2D eigenvalue weighted by Crippen LogP contribution is 2.58. The Labute approximate surface area is 225 Å². The number of phenolic OH excluding ortho intramolecular Hbond substituents is 1. The molecule has 6 rings (SSSR count). The van der Waals surface area contributed by atoms with Crippen molar-refractivity contribution in [2.45, 2.75) is 56.8 Å². The smallest absolute Gasteiger partial charge is 0.130 e. The highest BCUT2D eigenvalue weighted by Gasteiger charge is 2.43. The third-order valence-corrected chi connectivity index (χ3v) is 8.82. The number of phenols is 1. The number of hydrogen-bond acceptors (Lipinski definition) is 4. The Hall–Kier alpha value is -3.66. The number of fused-ring (bicyclic) bond motifs is 7. The lowest BCUT2D eigenvalue weighted by atomic mass is 9.71. The number of methoxy groups -OCH3 is 3. The van der Waals surface area contributed by atoms with Crippen LogP contribution in [0.2, 0.25) is 0 Å². The van der Waals surface area contributed by atoms with E-state index in [4.69, 9.17) is 14.2 Å². The molecule has 0 aromatic heterocycles. The first-order chi connectivity index (χ1) is 18.6. The molecule has 0 atom stereocenters. The molecule has 0 aliphatic heterocycles. The molecule has 4 heteroatoms. The maximum atomic E-state index is 11.6. The molecule has 196 valence electrons. The minimum absolute atomic E-state index is 0.0486. The van der Waals surface area contributed by atoms with Gasteiger partial charge in [-0.05, 0) is 70.8 Å². The lowest BCUT2D eigenvalue weighted by Gasteiger charge is -2.32. The Bertz CT molecular complexity index is 1490. The molecule has 2 aliphatic rings. The molecule has 0 bridgehead atoms. The summed E-state index contributed by atoms with van der Waals surface area (Å²) in [4.78, 5) is 0. The van der Waals surface area contributed by atoms with Gasteiger partial charge in [-0.15, -0.1) is 0 Å². The van der Waals surface area contributed by atoms with Gasteiger partial charge in [0.2, 0.25) is 0 Å². The van der Waals surface area contributed by atoms with Crippen LogP contribution >= 0.6 is 0 Å². The quantitative estimate of drug-likeness (QED) is 0.300. The van der Waals surface area contributed by atoms with Crippen LogP contribution in [0.4, 0.5) is 0 Å². The van der Waals surface area contributed by atoms with Crippen molar-refractivity contribution in [3.63, 3.8) is 0 Å². The summed E-state index contributed by atoms with van der Waals surface area (Å²) < 4.78 is 17.1. The van der Waals surface area contributed by atoms with Crippen molar-refractivity contribution in [1.82, 2.24) is 0 Å². The Morgan fingerprint density at radius 2 is 1.29 bits per heavy atom. The van der Waals surface area contributed by atoms with Crippen molar-refractivity contribution in [3.05, 3.63) is 71.8 Å². The number of ether oxygens (including phenoxy) is 3. The van der Waals surface area contributed by atoms with E-state index in [1.54, 1.807) is 21.3 Å². The molecule has 1 spiro atoms. The summed E-state index contributed by atoms with van der Waals surface area (Å²) in [6.45, 7) is 0. The van der Waals surface area contributed by atoms with Gasteiger partial charge in [0.1, 0.15) is 23.0 Å². The Balaban J connectivity index is 1.62. The summed E-state index contributed by atoms with van der Waals surface area (Å²) >= 11 is 0. The van der Waals surface area contributed by atoms with Crippen LogP contribution in [0.25, 0.3) is 33.0 Å². The van der Waals surface area contributed by atoms with Crippen LogP contribution < -0.4 is 14.2 Å². The molecule has 4 nitrogen and oxygen atoms in total. The fraction of sp³-hybridized carbons (Fsp3) is 0.353. The van der Waals surface area contributed by atoms with Gasteiger partial charge < -0.3 is 19.3 Å². The van der Waals surface area contributed by atoms with Gasteiger partial charge in [0, 0.05) is 28.0 Å². The largest absolute Gasteiger partial charge is 0.507 e. The Morgan fingerprint density at radius 1 is 0.605 bits per heavy atom. The number of aromatic hydroxyl groups is 1. The second-order valence-electron chi connectivity index (χ2n) is 10.7. The molecule has 4 aromatic carbocycles. The van der Waals surface area contributed by atoms with E-state index in [1.807, 2.05) is 24.3 Å². The van der Waals surface area contributed by atoms with Gasteiger partial charge in [-0.1, -0.05) is 62.8 Å². The van der Waals surface area contributed by atoms with Crippen LogP contribution in [-0.4, -0.2) is 26.4 Å². The van der Waals surface area contributed by atoms with E-state index in [9.17, 15) is 5.11 Å². The van der Waals surface area contributed by atoms with Crippen LogP contribution in [0.15, 0.2) is 60.7 Å². The van der Waals surface area contributed by atoms with Gasteiger partial charge in [-0.3, -0.25) is 0 Å². The van der Waals surface area contributed by atoms with Crippen LogP contribution in [0.1, 0.15) is 62.5 Å².